The Morgan fingerprint density at radius 2 is 1.95 bits per heavy atom. The van der Waals surface area contributed by atoms with Crippen LogP contribution in [0.1, 0.15) is 58.8 Å². The zero-order valence-electron chi connectivity index (χ0n) is 12.3. The molecular formula is C15H28N2O2. The number of carbonyl (C=O) groups is 1. The molecule has 1 aliphatic carbocycles. The largest absolute Gasteiger partial charge is 0.375 e. The van der Waals surface area contributed by atoms with Crippen molar-refractivity contribution >= 4 is 5.91 Å². The first-order valence-electron chi connectivity index (χ1n) is 7.68. The summed E-state index contributed by atoms with van der Waals surface area (Å²) in [4.78, 5) is 12.4. The van der Waals surface area contributed by atoms with E-state index in [9.17, 15) is 4.79 Å². The minimum Gasteiger partial charge on any atom is -0.375 e. The van der Waals surface area contributed by atoms with E-state index in [-0.39, 0.29) is 29.5 Å². The van der Waals surface area contributed by atoms with Crippen LogP contribution in [0.2, 0.25) is 0 Å². The Bertz CT molecular complexity index is 317. The molecule has 1 amide bonds. The lowest BCUT2D eigenvalue weighted by molar-refractivity contribution is -0.128. The molecule has 0 bridgehead atoms. The van der Waals surface area contributed by atoms with Crippen molar-refractivity contribution in [2.75, 3.05) is 6.61 Å². The van der Waals surface area contributed by atoms with Gasteiger partial charge < -0.3 is 15.8 Å². The Morgan fingerprint density at radius 1 is 1.21 bits per heavy atom. The van der Waals surface area contributed by atoms with E-state index in [0.29, 0.717) is 0 Å². The van der Waals surface area contributed by atoms with E-state index in [1.807, 2.05) is 0 Å². The Labute approximate surface area is 116 Å². The number of hydrogen-bond acceptors (Lipinski definition) is 3. The summed E-state index contributed by atoms with van der Waals surface area (Å²) in [5, 5.41) is 3.20. The van der Waals surface area contributed by atoms with Crippen LogP contribution in [-0.2, 0) is 9.53 Å². The van der Waals surface area contributed by atoms with Crippen LogP contribution in [0.25, 0.3) is 0 Å². The highest BCUT2D eigenvalue weighted by atomic mass is 16.5. The monoisotopic (exact) mass is 268 g/mol. The molecule has 4 heteroatoms. The maximum atomic E-state index is 12.4. The maximum Gasteiger partial charge on any atom is 0.224 e. The molecule has 0 spiro atoms. The molecule has 4 nitrogen and oxygen atoms in total. The van der Waals surface area contributed by atoms with Gasteiger partial charge in [-0.15, -0.1) is 0 Å². The lowest BCUT2D eigenvalue weighted by atomic mass is 9.91. The summed E-state index contributed by atoms with van der Waals surface area (Å²) >= 11 is 0. The summed E-state index contributed by atoms with van der Waals surface area (Å²) in [6.45, 7) is 4.90. The van der Waals surface area contributed by atoms with E-state index in [1.165, 1.54) is 6.42 Å². The van der Waals surface area contributed by atoms with Crippen LogP contribution in [-0.4, -0.2) is 30.2 Å². The predicted octanol–water partition coefficient (Wildman–Crippen LogP) is 1.97. The van der Waals surface area contributed by atoms with Crippen LogP contribution in [0, 0.1) is 5.92 Å². The molecule has 0 aromatic rings. The van der Waals surface area contributed by atoms with Crippen LogP contribution < -0.4 is 11.1 Å². The Kier molecular flexibility index (Phi) is 4.85. The second-order valence-corrected chi connectivity index (χ2v) is 6.71. The predicted molar refractivity (Wildman–Crippen MR) is 75.7 cm³/mol. The molecule has 3 unspecified atom stereocenters. The Morgan fingerprint density at radius 3 is 2.68 bits per heavy atom. The normalized spacial score (nSPS) is 35.4. The quantitative estimate of drug-likeness (QED) is 0.753. The third-order valence-electron chi connectivity index (χ3n) is 4.45. The first kappa shape index (κ1) is 14.8. The van der Waals surface area contributed by atoms with E-state index in [4.69, 9.17) is 10.5 Å². The second kappa shape index (κ2) is 6.23. The lowest BCUT2D eigenvalue weighted by Gasteiger charge is -2.36. The van der Waals surface area contributed by atoms with Crippen LogP contribution in [0.5, 0.6) is 0 Å². The summed E-state index contributed by atoms with van der Waals surface area (Å²) in [7, 11) is 0. The fourth-order valence-electron chi connectivity index (χ4n) is 3.33. The summed E-state index contributed by atoms with van der Waals surface area (Å²) in [5.74, 6) is 0.172. The van der Waals surface area contributed by atoms with Gasteiger partial charge in [0.15, 0.2) is 0 Å². The summed E-state index contributed by atoms with van der Waals surface area (Å²) in [5.41, 5.74) is 6.03. The molecule has 2 rings (SSSR count). The molecule has 0 aromatic carbocycles. The molecule has 1 aliphatic heterocycles. The van der Waals surface area contributed by atoms with Gasteiger partial charge >= 0.3 is 0 Å². The van der Waals surface area contributed by atoms with Crippen molar-refractivity contribution in [3.63, 3.8) is 0 Å². The van der Waals surface area contributed by atoms with Crippen LogP contribution >= 0.6 is 0 Å². The minimum absolute atomic E-state index is 0.00783. The van der Waals surface area contributed by atoms with Crippen molar-refractivity contribution < 1.29 is 9.53 Å². The van der Waals surface area contributed by atoms with Crippen LogP contribution in [0.15, 0.2) is 0 Å². The molecule has 0 aromatic heterocycles. The standard InChI is InChI=1S/C15H28N2O2/c1-15(2)10-11(8-9-19-15)17-14(18)12-6-4-3-5-7-13(12)16/h11-13H,3-10,16H2,1-2H3,(H,17,18). The number of rotatable bonds is 2. The average molecular weight is 268 g/mol. The molecule has 3 N–H and O–H groups in total. The van der Waals surface area contributed by atoms with Crippen LogP contribution in [0.3, 0.4) is 0 Å². The van der Waals surface area contributed by atoms with Gasteiger partial charge in [0.2, 0.25) is 5.91 Å². The zero-order valence-corrected chi connectivity index (χ0v) is 12.3. The molecule has 0 radical (unpaired) electrons. The van der Waals surface area contributed by atoms with Crippen molar-refractivity contribution in [1.82, 2.24) is 5.32 Å². The average Bonchev–Trinajstić information content (AvgIpc) is 2.52. The SMILES string of the molecule is CC1(C)CC(NC(=O)C2CCCCCC2N)CCO1. The number of nitrogens with two attached hydrogens (primary N) is 1. The number of carbonyl (C=O) groups excluding carboxylic acids is 1. The Hall–Kier alpha value is -0.610. The molecule has 1 heterocycles. The fraction of sp³-hybridized carbons (Fsp3) is 0.933. The van der Waals surface area contributed by atoms with Crippen molar-refractivity contribution in [3.05, 3.63) is 0 Å². The highest BCUT2D eigenvalue weighted by molar-refractivity contribution is 5.79. The molecule has 19 heavy (non-hydrogen) atoms. The molecule has 2 aliphatic rings. The summed E-state index contributed by atoms with van der Waals surface area (Å²) < 4.78 is 5.69. The molecule has 1 saturated carbocycles. The minimum atomic E-state index is -0.123. The van der Waals surface area contributed by atoms with Gasteiger partial charge in [0.25, 0.3) is 0 Å². The van der Waals surface area contributed by atoms with E-state index in [2.05, 4.69) is 19.2 Å². The number of amides is 1. The van der Waals surface area contributed by atoms with Gasteiger partial charge in [-0.05, 0) is 39.5 Å². The molecule has 1 saturated heterocycles. The second-order valence-electron chi connectivity index (χ2n) is 6.71. The van der Waals surface area contributed by atoms with E-state index < -0.39 is 0 Å². The number of ether oxygens (including phenoxy) is 1. The maximum absolute atomic E-state index is 12.4. The van der Waals surface area contributed by atoms with Crippen molar-refractivity contribution in [3.8, 4) is 0 Å². The van der Waals surface area contributed by atoms with E-state index in [1.54, 1.807) is 0 Å². The zero-order chi connectivity index (χ0) is 13.9. The number of nitrogens with one attached hydrogen (secondary N) is 1. The van der Waals surface area contributed by atoms with Crippen LogP contribution in [0.4, 0.5) is 0 Å². The van der Waals surface area contributed by atoms with Gasteiger partial charge in [-0.25, -0.2) is 0 Å². The third-order valence-corrected chi connectivity index (χ3v) is 4.45. The number of hydrogen-bond donors (Lipinski definition) is 2. The smallest absolute Gasteiger partial charge is 0.224 e. The van der Waals surface area contributed by atoms with Gasteiger partial charge in [0.05, 0.1) is 11.5 Å². The molecule has 110 valence electrons. The van der Waals surface area contributed by atoms with Gasteiger partial charge in [-0.3, -0.25) is 4.79 Å². The van der Waals surface area contributed by atoms with E-state index in [0.717, 1.165) is 45.1 Å². The van der Waals surface area contributed by atoms with Gasteiger partial charge in [0, 0.05) is 18.7 Å². The van der Waals surface area contributed by atoms with Gasteiger partial charge in [0.1, 0.15) is 0 Å². The van der Waals surface area contributed by atoms with Crippen molar-refractivity contribution in [2.45, 2.75) is 76.5 Å². The first-order chi connectivity index (χ1) is 8.98. The Balaban J connectivity index is 1.89. The summed E-state index contributed by atoms with van der Waals surface area (Å²) in [6.07, 6.45) is 7.23. The van der Waals surface area contributed by atoms with Crippen molar-refractivity contribution in [1.29, 1.82) is 0 Å². The summed E-state index contributed by atoms with van der Waals surface area (Å²) in [6, 6.07) is 0.280. The highest BCUT2D eigenvalue weighted by Gasteiger charge is 2.33. The molecule has 3 atom stereocenters. The lowest BCUT2D eigenvalue weighted by Crippen LogP contribution is -2.50. The molecule has 2 fully saturated rings. The van der Waals surface area contributed by atoms with E-state index >= 15 is 0 Å². The fourth-order valence-corrected chi connectivity index (χ4v) is 3.33. The first-order valence-corrected chi connectivity index (χ1v) is 7.68. The third kappa shape index (κ3) is 4.18. The van der Waals surface area contributed by atoms with Gasteiger partial charge in [-0.1, -0.05) is 19.3 Å². The molecular weight excluding hydrogens is 240 g/mol. The van der Waals surface area contributed by atoms with Gasteiger partial charge in [-0.2, -0.15) is 0 Å². The van der Waals surface area contributed by atoms with Crippen molar-refractivity contribution in [2.24, 2.45) is 11.7 Å². The highest BCUT2D eigenvalue weighted by Crippen LogP contribution is 2.26. The topological polar surface area (TPSA) is 64.4 Å².